The number of rotatable bonds is 2. The van der Waals surface area contributed by atoms with Crippen molar-refractivity contribution >= 4 is 17.7 Å². The van der Waals surface area contributed by atoms with Gasteiger partial charge < -0.3 is 5.11 Å². The Kier molecular flexibility index (Phi) is 2.33. The third kappa shape index (κ3) is 1.60. The summed E-state index contributed by atoms with van der Waals surface area (Å²) >= 11 is 1.51. The van der Waals surface area contributed by atoms with Gasteiger partial charge in [0.25, 0.3) is 5.56 Å². The van der Waals surface area contributed by atoms with E-state index in [4.69, 9.17) is 5.11 Å². The van der Waals surface area contributed by atoms with E-state index >= 15 is 0 Å². The van der Waals surface area contributed by atoms with E-state index in [1.54, 1.807) is 6.07 Å². The van der Waals surface area contributed by atoms with E-state index in [1.165, 1.54) is 21.9 Å². The van der Waals surface area contributed by atoms with Crippen molar-refractivity contribution < 1.29 is 9.90 Å². The fourth-order valence-corrected chi connectivity index (χ4v) is 3.90. The zero-order valence-electron chi connectivity index (χ0n) is 9.47. The lowest BCUT2D eigenvalue weighted by Crippen LogP contribution is -2.29. The second-order valence-electron chi connectivity index (χ2n) is 4.69. The van der Waals surface area contributed by atoms with Gasteiger partial charge in [0.15, 0.2) is 0 Å². The number of fused-ring (bicyclic) bond motifs is 1. The van der Waals surface area contributed by atoms with Gasteiger partial charge in [-0.25, -0.2) is 4.79 Å². The summed E-state index contributed by atoms with van der Waals surface area (Å²) in [5.74, 6) is 0.0918. The zero-order chi connectivity index (χ0) is 12.2. The van der Waals surface area contributed by atoms with Crippen molar-refractivity contribution in [2.24, 2.45) is 0 Å². The van der Waals surface area contributed by atoms with Crippen molar-refractivity contribution in [2.75, 3.05) is 5.75 Å². The second-order valence-corrected chi connectivity index (χ2v) is 5.70. The molecule has 5 heteroatoms. The van der Waals surface area contributed by atoms with Crippen LogP contribution in [0.2, 0.25) is 0 Å². The number of carboxylic acids is 1. The maximum absolute atomic E-state index is 11.9. The molecule has 0 bridgehead atoms. The van der Waals surface area contributed by atoms with Gasteiger partial charge in [-0.15, -0.1) is 11.8 Å². The van der Waals surface area contributed by atoms with E-state index in [0.29, 0.717) is 11.7 Å². The summed E-state index contributed by atoms with van der Waals surface area (Å²) in [7, 11) is 0. The summed E-state index contributed by atoms with van der Waals surface area (Å²) in [4.78, 5) is 23.1. The average Bonchev–Trinajstić information content (AvgIpc) is 2.95. The maximum Gasteiger partial charge on any atom is 0.327 e. The van der Waals surface area contributed by atoms with Gasteiger partial charge in [0, 0.05) is 11.8 Å². The van der Waals surface area contributed by atoms with E-state index in [-0.39, 0.29) is 5.56 Å². The minimum absolute atomic E-state index is 0.181. The standard InChI is InChI=1S/C12H13NO3S/c1-6-4-9(14)13-8(12(15)16)5-17-11(13)10(6)7-2-3-7/h4,7-8H,2-3,5H2,1H3,(H,15,16). The second kappa shape index (κ2) is 3.63. The van der Waals surface area contributed by atoms with Crippen molar-refractivity contribution in [3.05, 3.63) is 27.5 Å². The van der Waals surface area contributed by atoms with E-state index in [0.717, 1.165) is 23.4 Å². The molecule has 3 rings (SSSR count). The molecule has 1 aromatic rings. The maximum atomic E-state index is 11.9. The number of aryl methyl sites for hydroxylation is 1. The molecule has 4 nitrogen and oxygen atoms in total. The van der Waals surface area contributed by atoms with Crippen LogP contribution in [0.15, 0.2) is 15.9 Å². The summed E-state index contributed by atoms with van der Waals surface area (Å²) in [6.45, 7) is 1.95. The van der Waals surface area contributed by atoms with Crippen LogP contribution >= 0.6 is 11.8 Å². The molecule has 1 aliphatic heterocycles. The highest BCUT2D eigenvalue weighted by Gasteiger charge is 2.36. The van der Waals surface area contributed by atoms with Gasteiger partial charge >= 0.3 is 5.97 Å². The van der Waals surface area contributed by atoms with E-state index in [2.05, 4.69) is 0 Å². The van der Waals surface area contributed by atoms with Crippen LogP contribution in [-0.2, 0) is 4.79 Å². The molecule has 1 atom stereocenters. The number of aliphatic carboxylic acids is 1. The Morgan fingerprint density at radius 3 is 2.82 bits per heavy atom. The lowest BCUT2D eigenvalue weighted by atomic mass is 10.1. The molecule has 1 N–H and O–H groups in total. The minimum atomic E-state index is -0.913. The molecule has 1 aromatic heterocycles. The van der Waals surface area contributed by atoms with Crippen LogP contribution in [0.25, 0.3) is 0 Å². The predicted octanol–water partition coefficient (Wildman–Crippen LogP) is 1.77. The van der Waals surface area contributed by atoms with Crippen LogP contribution in [0, 0.1) is 6.92 Å². The van der Waals surface area contributed by atoms with E-state index in [9.17, 15) is 9.59 Å². The van der Waals surface area contributed by atoms with Gasteiger partial charge in [-0.1, -0.05) is 0 Å². The van der Waals surface area contributed by atoms with E-state index < -0.39 is 12.0 Å². The van der Waals surface area contributed by atoms with Crippen LogP contribution in [-0.4, -0.2) is 21.4 Å². The number of pyridine rings is 1. The number of hydrogen-bond acceptors (Lipinski definition) is 3. The van der Waals surface area contributed by atoms with Crippen molar-refractivity contribution in [1.82, 2.24) is 4.57 Å². The van der Waals surface area contributed by atoms with Gasteiger partial charge in [-0.3, -0.25) is 9.36 Å². The highest BCUT2D eigenvalue weighted by Crippen LogP contribution is 2.47. The quantitative estimate of drug-likeness (QED) is 0.870. The molecule has 1 aliphatic carbocycles. The van der Waals surface area contributed by atoms with Gasteiger partial charge in [-0.2, -0.15) is 0 Å². The molecule has 17 heavy (non-hydrogen) atoms. The topological polar surface area (TPSA) is 59.3 Å². The highest BCUT2D eigenvalue weighted by molar-refractivity contribution is 7.99. The zero-order valence-corrected chi connectivity index (χ0v) is 10.3. The summed E-state index contributed by atoms with van der Waals surface area (Å²) in [6.07, 6.45) is 2.31. The average molecular weight is 251 g/mol. The molecule has 0 saturated heterocycles. The summed E-state index contributed by atoms with van der Waals surface area (Å²) in [5, 5.41) is 10.0. The summed E-state index contributed by atoms with van der Waals surface area (Å²) < 4.78 is 1.47. The summed E-state index contributed by atoms with van der Waals surface area (Å²) in [5.41, 5.74) is 2.04. The molecule has 0 spiro atoms. The van der Waals surface area contributed by atoms with Crippen LogP contribution in [0.5, 0.6) is 0 Å². The van der Waals surface area contributed by atoms with Crippen molar-refractivity contribution in [3.63, 3.8) is 0 Å². The number of nitrogens with zero attached hydrogens (tertiary/aromatic N) is 1. The Bertz CT molecular complexity index is 560. The minimum Gasteiger partial charge on any atom is -0.480 e. The van der Waals surface area contributed by atoms with Crippen LogP contribution in [0.3, 0.4) is 0 Å². The number of aromatic nitrogens is 1. The molecule has 1 unspecified atom stereocenters. The third-order valence-corrected chi connectivity index (χ3v) is 4.58. The van der Waals surface area contributed by atoms with Crippen molar-refractivity contribution in [2.45, 2.75) is 36.8 Å². The first-order chi connectivity index (χ1) is 8.09. The number of hydrogen-bond donors (Lipinski definition) is 1. The smallest absolute Gasteiger partial charge is 0.327 e. The highest BCUT2D eigenvalue weighted by atomic mass is 32.2. The van der Waals surface area contributed by atoms with Crippen LogP contribution in [0.4, 0.5) is 0 Å². The molecule has 2 heterocycles. The number of carboxylic acid groups (broad SMARTS) is 1. The Balaban J connectivity index is 2.22. The van der Waals surface area contributed by atoms with Crippen LogP contribution in [0.1, 0.15) is 35.9 Å². The first-order valence-electron chi connectivity index (χ1n) is 5.71. The molecule has 0 radical (unpaired) electrons. The first kappa shape index (κ1) is 10.9. The number of thioether (sulfide) groups is 1. The molecular formula is C12H13NO3S. The molecule has 1 saturated carbocycles. The lowest BCUT2D eigenvalue weighted by molar-refractivity contribution is -0.140. The lowest BCUT2D eigenvalue weighted by Gasteiger charge is -2.13. The fourth-order valence-electron chi connectivity index (χ4n) is 2.46. The fraction of sp³-hybridized carbons (Fsp3) is 0.500. The Labute approximate surface area is 103 Å². The molecular weight excluding hydrogens is 238 g/mol. The molecule has 1 fully saturated rings. The van der Waals surface area contributed by atoms with Crippen molar-refractivity contribution in [3.8, 4) is 0 Å². The third-order valence-electron chi connectivity index (χ3n) is 3.41. The SMILES string of the molecule is Cc1cc(=O)n2c(c1C1CC1)SCC2C(=O)O. The van der Waals surface area contributed by atoms with Gasteiger partial charge in [-0.05, 0) is 36.8 Å². The molecule has 2 aliphatic rings. The van der Waals surface area contributed by atoms with E-state index in [1.807, 2.05) is 6.92 Å². The number of carbonyl (C=O) groups is 1. The van der Waals surface area contributed by atoms with Crippen LogP contribution < -0.4 is 5.56 Å². The van der Waals surface area contributed by atoms with Crippen molar-refractivity contribution in [1.29, 1.82) is 0 Å². The normalized spacial score (nSPS) is 22.5. The molecule has 0 aromatic carbocycles. The Morgan fingerprint density at radius 2 is 2.24 bits per heavy atom. The summed E-state index contributed by atoms with van der Waals surface area (Å²) in [6, 6.07) is 0.888. The monoisotopic (exact) mass is 251 g/mol. The van der Waals surface area contributed by atoms with Gasteiger partial charge in [0.2, 0.25) is 0 Å². The molecule has 90 valence electrons. The Morgan fingerprint density at radius 1 is 1.53 bits per heavy atom. The largest absolute Gasteiger partial charge is 0.480 e. The predicted molar refractivity (Wildman–Crippen MR) is 64.8 cm³/mol. The Hall–Kier alpha value is -1.23. The first-order valence-corrected chi connectivity index (χ1v) is 6.70. The van der Waals surface area contributed by atoms with Gasteiger partial charge in [0.05, 0.1) is 5.03 Å². The molecule has 0 amide bonds. The van der Waals surface area contributed by atoms with Gasteiger partial charge in [0.1, 0.15) is 6.04 Å².